The predicted molar refractivity (Wildman–Crippen MR) is 136 cm³/mol. The molecule has 0 saturated carbocycles. The molecule has 0 saturated heterocycles. The zero-order valence-electron chi connectivity index (χ0n) is 20.6. The molecule has 0 amide bonds. The molecule has 1 aromatic heterocycles. The van der Waals surface area contributed by atoms with Crippen molar-refractivity contribution in [3.63, 3.8) is 0 Å². The molecule has 0 aliphatic carbocycles. The molecule has 2 aromatic carbocycles. The zero-order valence-corrected chi connectivity index (χ0v) is 20.6. The number of rotatable bonds is 10. The fourth-order valence-corrected chi connectivity index (χ4v) is 4.32. The molecule has 35 heavy (non-hydrogen) atoms. The molecule has 0 spiro atoms. The summed E-state index contributed by atoms with van der Waals surface area (Å²) in [7, 11) is 1.64. The van der Waals surface area contributed by atoms with Crippen molar-refractivity contribution in [2.24, 2.45) is 0 Å². The Kier molecular flexibility index (Phi) is 8.21. The number of carbonyl (C=O) groups excluding carboxylic acids is 1. The Labute approximate surface area is 206 Å². The van der Waals surface area contributed by atoms with E-state index in [9.17, 15) is 4.79 Å². The highest BCUT2D eigenvalue weighted by Crippen LogP contribution is 2.31. The number of hydrogen-bond donors (Lipinski definition) is 1. The number of nitrogens with zero attached hydrogens (tertiary/aromatic N) is 2. The van der Waals surface area contributed by atoms with Gasteiger partial charge in [0, 0.05) is 29.8 Å². The van der Waals surface area contributed by atoms with Gasteiger partial charge in [0.2, 0.25) is 0 Å². The van der Waals surface area contributed by atoms with Crippen molar-refractivity contribution in [1.82, 2.24) is 14.9 Å². The van der Waals surface area contributed by atoms with E-state index in [1.807, 2.05) is 67.1 Å². The second-order valence-electron chi connectivity index (χ2n) is 8.53. The number of fused-ring (bicyclic) bond motifs is 1. The molecule has 2 heterocycles. The number of aromatic nitrogens is 2. The lowest BCUT2D eigenvalue weighted by molar-refractivity contribution is -0.138. The van der Waals surface area contributed by atoms with Crippen molar-refractivity contribution in [1.29, 1.82) is 0 Å². The summed E-state index contributed by atoms with van der Waals surface area (Å²) in [5.41, 5.74) is 4.55. The zero-order chi connectivity index (χ0) is 24.6. The van der Waals surface area contributed by atoms with Gasteiger partial charge in [0.1, 0.15) is 11.5 Å². The van der Waals surface area contributed by atoms with Gasteiger partial charge in [-0.05, 0) is 63.1 Å². The van der Waals surface area contributed by atoms with Crippen LogP contribution in [0.15, 0.2) is 60.6 Å². The molecule has 0 bridgehead atoms. The van der Waals surface area contributed by atoms with E-state index in [4.69, 9.17) is 14.2 Å². The highest BCUT2D eigenvalue weighted by Gasteiger charge is 2.20. The van der Waals surface area contributed by atoms with E-state index in [0.717, 1.165) is 42.1 Å². The first-order chi connectivity index (χ1) is 17.1. The van der Waals surface area contributed by atoms with E-state index in [2.05, 4.69) is 16.4 Å². The summed E-state index contributed by atoms with van der Waals surface area (Å²) in [6.07, 6.45) is 7.96. The SMILES string of the molecule is CCOC(=O)C(=Cc1ccc(-n2cnc(C)c2)c(OC)c1)CCCNC1CCOc2ccccc21. The lowest BCUT2D eigenvalue weighted by Gasteiger charge is -2.26. The second-order valence-corrected chi connectivity index (χ2v) is 8.53. The van der Waals surface area contributed by atoms with Crippen LogP contribution in [-0.2, 0) is 9.53 Å². The highest BCUT2D eigenvalue weighted by atomic mass is 16.5. The third-order valence-corrected chi connectivity index (χ3v) is 6.04. The molecule has 0 radical (unpaired) electrons. The van der Waals surface area contributed by atoms with Gasteiger partial charge in [-0.2, -0.15) is 0 Å². The topological polar surface area (TPSA) is 74.6 Å². The third-order valence-electron chi connectivity index (χ3n) is 6.04. The number of hydrogen-bond acceptors (Lipinski definition) is 6. The molecular weight excluding hydrogens is 442 g/mol. The fourth-order valence-electron chi connectivity index (χ4n) is 4.32. The van der Waals surface area contributed by atoms with Crippen molar-refractivity contribution in [2.75, 3.05) is 26.9 Å². The smallest absolute Gasteiger partial charge is 0.334 e. The molecule has 3 aromatic rings. The van der Waals surface area contributed by atoms with Crippen LogP contribution in [0.3, 0.4) is 0 Å². The maximum Gasteiger partial charge on any atom is 0.334 e. The lowest BCUT2D eigenvalue weighted by atomic mass is 10.00. The molecule has 1 atom stereocenters. The van der Waals surface area contributed by atoms with Crippen LogP contribution in [0.25, 0.3) is 11.8 Å². The van der Waals surface area contributed by atoms with Gasteiger partial charge in [0.25, 0.3) is 0 Å². The van der Waals surface area contributed by atoms with Gasteiger partial charge in [-0.15, -0.1) is 0 Å². The van der Waals surface area contributed by atoms with Crippen molar-refractivity contribution >= 4 is 12.0 Å². The maximum atomic E-state index is 12.7. The summed E-state index contributed by atoms with van der Waals surface area (Å²) in [5.74, 6) is 1.38. The van der Waals surface area contributed by atoms with Crippen LogP contribution in [0.2, 0.25) is 0 Å². The standard InChI is InChI=1S/C28H33N3O4/c1-4-34-28(32)22(8-7-14-29-24-13-15-35-26-10-6-5-9-23(24)26)16-21-11-12-25(27(17-21)33-3)31-18-20(2)30-19-31/h5-6,9-12,16-19,24,29H,4,7-8,13-15H2,1-3H3. The van der Waals surface area contributed by atoms with Gasteiger partial charge in [-0.25, -0.2) is 9.78 Å². The number of esters is 1. The minimum absolute atomic E-state index is 0.263. The Morgan fingerprint density at radius 2 is 2.14 bits per heavy atom. The summed E-state index contributed by atoms with van der Waals surface area (Å²) in [6.45, 7) is 5.61. The summed E-state index contributed by atoms with van der Waals surface area (Å²) >= 11 is 0. The first kappa shape index (κ1) is 24.5. The summed E-state index contributed by atoms with van der Waals surface area (Å²) in [5, 5.41) is 3.63. The van der Waals surface area contributed by atoms with Crippen LogP contribution in [0.4, 0.5) is 0 Å². The number of imidazole rings is 1. The van der Waals surface area contributed by atoms with Crippen LogP contribution in [-0.4, -0.2) is 42.4 Å². The van der Waals surface area contributed by atoms with Crippen molar-refractivity contribution in [3.8, 4) is 17.2 Å². The molecule has 7 heteroatoms. The van der Waals surface area contributed by atoms with Crippen LogP contribution >= 0.6 is 0 Å². The largest absolute Gasteiger partial charge is 0.495 e. The quantitative estimate of drug-likeness (QED) is 0.252. The first-order valence-electron chi connectivity index (χ1n) is 12.1. The van der Waals surface area contributed by atoms with Gasteiger partial charge in [-0.1, -0.05) is 24.3 Å². The van der Waals surface area contributed by atoms with Gasteiger partial charge in [0.15, 0.2) is 0 Å². The third kappa shape index (κ3) is 6.11. The number of methoxy groups -OCH3 is 1. The number of para-hydroxylation sites is 1. The van der Waals surface area contributed by atoms with Crippen LogP contribution in [0.1, 0.15) is 49.0 Å². The molecule has 4 rings (SSSR count). The number of benzene rings is 2. The second kappa shape index (κ2) is 11.7. The fraction of sp³-hybridized carbons (Fsp3) is 0.357. The number of ether oxygens (including phenoxy) is 3. The molecule has 1 unspecified atom stereocenters. The molecule has 7 nitrogen and oxygen atoms in total. The highest BCUT2D eigenvalue weighted by molar-refractivity contribution is 5.93. The van der Waals surface area contributed by atoms with E-state index in [1.54, 1.807) is 13.4 Å². The van der Waals surface area contributed by atoms with Crippen LogP contribution in [0.5, 0.6) is 11.5 Å². The Hall–Kier alpha value is -3.58. The molecule has 1 aliphatic heterocycles. The van der Waals surface area contributed by atoms with Gasteiger partial charge < -0.3 is 24.1 Å². The minimum Gasteiger partial charge on any atom is -0.495 e. The molecule has 1 N–H and O–H groups in total. The first-order valence-corrected chi connectivity index (χ1v) is 12.1. The number of nitrogens with one attached hydrogen (secondary N) is 1. The van der Waals surface area contributed by atoms with Crippen molar-refractivity contribution in [3.05, 3.63) is 77.4 Å². The summed E-state index contributed by atoms with van der Waals surface area (Å²) < 4.78 is 18.6. The predicted octanol–water partition coefficient (Wildman–Crippen LogP) is 5.03. The van der Waals surface area contributed by atoms with E-state index < -0.39 is 0 Å². The monoisotopic (exact) mass is 475 g/mol. The Morgan fingerprint density at radius 3 is 2.91 bits per heavy atom. The van der Waals surface area contributed by atoms with Crippen LogP contribution in [0, 0.1) is 6.92 Å². The average molecular weight is 476 g/mol. The lowest BCUT2D eigenvalue weighted by Crippen LogP contribution is -2.28. The van der Waals surface area contributed by atoms with Gasteiger partial charge >= 0.3 is 5.97 Å². The van der Waals surface area contributed by atoms with E-state index in [0.29, 0.717) is 31.0 Å². The van der Waals surface area contributed by atoms with Gasteiger partial charge in [-0.3, -0.25) is 0 Å². The number of carbonyl (C=O) groups is 1. The average Bonchev–Trinajstić information content (AvgIpc) is 3.31. The minimum atomic E-state index is -0.280. The van der Waals surface area contributed by atoms with E-state index in [1.165, 1.54) is 5.56 Å². The molecule has 1 aliphatic rings. The van der Waals surface area contributed by atoms with Gasteiger partial charge in [0.05, 0.1) is 38.0 Å². The normalized spacial score (nSPS) is 15.3. The summed E-state index contributed by atoms with van der Waals surface area (Å²) in [4.78, 5) is 17.0. The Morgan fingerprint density at radius 1 is 1.29 bits per heavy atom. The van der Waals surface area contributed by atoms with E-state index >= 15 is 0 Å². The van der Waals surface area contributed by atoms with E-state index in [-0.39, 0.29) is 12.0 Å². The Balaban J connectivity index is 1.44. The molecular formula is C28H33N3O4. The number of aryl methyl sites for hydroxylation is 1. The summed E-state index contributed by atoms with van der Waals surface area (Å²) in [6, 6.07) is 14.3. The van der Waals surface area contributed by atoms with Crippen molar-refractivity contribution < 1.29 is 19.0 Å². The molecule has 184 valence electrons. The Bertz CT molecular complexity index is 1180. The van der Waals surface area contributed by atoms with Crippen molar-refractivity contribution in [2.45, 2.75) is 39.2 Å². The van der Waals surface area contributed by atoms with Crippen LogP contribution < -0.4 is 14.8 Å². The maximum absolute atomic E-state index is 12.7. The molecule has 0 fully saturated rings.